The maximum Gasteiger partial charge on any atom is 0.329 e. The predicted octanol–water partition coefficient (Wildman–Crippen LogP) is 1.04. The topological polar surface area (TPSA) is 59.8 Å². The minimum atomic E-state index is -0.401. The van der Waals surface area contributed by atoms with E-state index in [0.717, 1.165) is 0 Å². The molecular weight excluding hydrogens is 222 g/mol. The standard InChI is InChI=1S/C12H13NO4/c1-6-3-9(7(2)16-6)11(14)13-5-8-4-10(13)12(15)17-8/h3,8,10H,4-5H2,1-2H3. The highest BCUT2D eigenvalue weighted by Gasteiger charge is 2.48. The molecule has 0 N–H and O–H groups in total. The monoisotopic (exact) mass is 235 g/mol. The molecule has 2 saturated heterocycles. The van der Waals surface area contributed by atoms with E-state index in [1.54, 1.807) is 24.8 Å². The normalized spacial score (nSPS) is 26.5. The summed E-state index contributed by atoms with van der Waals surface area (Å²) >= 11 is 0. The maximum atomic E-state index is 12.3. The number of carbonyl (C=O) groups is 2. The van der Waals surface area contributed by atoms with E-state index in [1.807, 2.05) is 0 Å². The van der Waals surface area contributed by atoms with E-state index >= 15 is 0 Å². The molecular formula is C12H13NO4. The number of morpholine rings is 1. The number of furan rings is 1. The molecule has 3 rings (SSSR count). The van der Waals surface area contributed by atoms with E-state index < -0.39 is 6.04 Å². The number of fused-ring (bicyclic) bond motifs is 2. The SMILES string of the molecule is Cc1cc(C(=O)N2CC3CC2C(=O)O3)c(C)o1. The van der Waals surface area contributed by atoms with Crippen molar-refractivity contribution in [2.45, 2.75) is 32.4 Å². The molecule has 2 unspecified atom stereocenters. The summed E-state index contributed by atoms with van der Waals surface area (Å²) in [5, 5.41) is 0. The van der Waals surface area contributed by atoms with Crippen LogP contribution in [0.15, 0.2) is 10.5 Å². The smallest absolute Gasteiger partial charge is 0.329 e. The van der Waals surface area contributed by atoms with Gasteiger partial charge in [0.1, 0.15) is 23.7 Å². The third-order valence-electron chi connectivity index (χ3n) is 3.35. The van der Waals surface area contributed by atoms with Crippen LogP contribution in [-0.4, -0.2) is 35.5 Å². The van der Waals surface area contributed by atoms with Crippen molar-refractivity contribution in [1.29, 1.82) is 0 Å². The Morgan fingerprint density at radius 1 is 1.47 bits per heavy atom. The predicted molar refractivity (Wildman–Crippen MR) is 57.5 cm³/mol. The van der Waals surface area contributed by atoms with Crippen molar-refractivity contribution in [3.63, 3.8) is 0 Å². The third kappa shape index (κ3) is 1.45. The number of ether oxygens (including phenoxy) is 1. The summed E-state index contributed by atoms with van der Waals surface area (Å²) in [6.45, 7) is 4.06. The van der Waals surface area contributed by atoms with Crippen LogP contribution in [0.3, 0.4) is 0 Å². The quantitative estimate of drug-likeness (QED) is 0.682. The summed E-state index contributed by atoms with van der Waals surface area (Å²) < 4.78 is 10.4. The number of nitrogens with zero attached hydrogens (tertiary/aromatic N) is 1. The average molecular weight is 235 g/mol. The lowest BCUT2D eigenvalue weighted by atomic mass is 10.2. The summed E-state index contributed by atoms with van der Waals surface area (Å²) in [4.78, 5) is 25.3. The van der Waals surface area contributed by atoms with Crippen LogP contribution < -0.4 is 0 Å². The van der Waals surface area contributed by atoms with Gasteiger partial charge in [-0.1, -0.05) is 0 Å². The number of aryl methyl sites for hydroxylation is 2. The van der Waals surface area contributed by atoms with Crippen LogP contribution in [0.4, 0.5) is 0 Å². The highest BCUT2D eigenvalue weighted by Crippen LogP contribution is 2.31. The van der Waals surface area contributed by atoms with Gasteiger partial charge in [0.25, 0.3) is 5.91 Å². The first-order valence-electron chi connectivity index (χ1n) is 5.65. The van der Waals surface area contributed by atoms with Crippen LogP contribution in [0.25, 0.3) is 0 Å². The zero-order valence-corrected chi connectivity index (χ0v) is 9.73. The Labute approximate surface area is 98.3 Å². The van der Waals surface area contributed by atoms with Gasteiger partial charge in [0.2, 0.25) is 0 Å². The first-order chi connectivity index (χ1) is 8.06. The number of amides is 1. The fourth-order valence-electron chi connectivity index (χ4n) is 2.57. The molecule has 0 aliphatic carbocycles. The van der Waals surface area contributed by atoms with Gasteiger partial charge in [-0.05, 0) is 19.9 Å². The molecule has 1 aromatic heterocycles. The van der Waals surface area contributed by atoms with Gasteiger partial charge in [0, 0.05) is 6.42 Å². The number of hydrogen-bond donors (Lipinski definition) is 0. The molecule has 2 bridgehead atoms. The second kappa shape index (κ2) is 3.35. The molecule has 1 amide bonds. The van der Waals surface area contributed by atoms with Gasteiger partial charge in [-0.15, -0.1) is 0 Å². The molecule has 2 aliphatic heterocycles. The summed E-state index contributed by atoms with van der Waals surface area (Å²) in [7, 11) is 0. The number of esters is 1. The molecule has 0 spiro atoms. The first kappa shape index (κ1) is 10.4. The molecule has 3 heterocycles. The second-order valence-electron chi connectivity index (χ2n) is 4.59. The Kier molecular flexibility index (Phi) is 2.05. The second-order valence-corrected chi connectivity index (χ2v) is 4.59. The lowest BCUT2D eigenvalue weighted by Crippen LogP contribution is -2.44. The minimum absolute atomic E-state index is 0.121. The minimum Gasteiger partial charge on any atom is -0.466 e. The van der Waals surface area contributed by atoms with Crippen LogP contribution in [0, 0.1) is 13.8 Å². The molecule has 2 fully saturated rings. The van der Waals surface area contributed by atoms with Crippen molar-refractivity contribution in [2.75, 3.05) is 6.54 Å². The molecule has 1 aromatic rings. The van der Waals surface area contributed by atoms with Crippen molar-refractivity contribution in [3.8, 4) is 0 Å². The molecule has 5 heteroatoms. The summed E-state index contributed by atoms with van der Waals surface area (Å²) in [5.41, 5.74) is 0.544. The number of likely N-dealkylation sites (tertiary alicyclic amines) is 1. The van der Waals surface area contributed by atoms with E-state index in [1.165, 1.54) is 0 Å². The van der Waals surface area contributed by atoms with Crippen molar-refractivity contribution in [1.82, 2.24) is 4.90 Å². The molecule has 0 saturated carbocycles. The largest absolute Gasteiger partial charge is 0.466 e. The van der Waals surface area contributed by atoms with Gasteiger partial charge < -0.3 is 14.1 Å². The van der Waals surface area contributed by atoms with E-state index in [0.29, 0.717) is 30.0 Å². The molecule has 0 aromatic carbocycles. The van der Waals surface area contributed by atoms with Gasteiger partial charge in [0.05, 0.1) is 12.1 Å². The number of carbonyl (C=O) groups excluding carboxylic acids is 2. The fraction of sp³-hybridized carbons (Fsp3) is 0.500. The average Bonchev–Trinajstić information content (AvgIpc) is 2.90. The third-order valence-corrected chi connectivity index (χ3v) is 3.35. The zero-order valence-electron chi connectivity index (χ0n) is 9.73. The van der Waals surface area contributed by atoms with Crippen molar-refractivity contribution >= 4 is 11.9 Å². The molecule has 2 aliphatic rings. The van der Waals surface area contributed by atoms with Crippen LogP contribution >= 0.6 is 0 Å². The summed E-state index contributed by atoms with van der Waals surface area (Å²) in [6, 6.07) is 1.32. The highest BCUT2D eigenvalue weighted by molar-refractivity contribution is 5.98. The highest BCUT2D eigenvalue weighted by atomic mass is 16.6. The fourth-order valence-corrected chi connectivity index (χ4v) is 2.57. The zero-order chi connectivity index (χ0) is 12.2. The van der Waals surface area contributed by atoms with E-state index in [-0.39, 0.29) is 18.0 Å². The van der Waals surface area contributed by atoms with Crippen molar-refractivity contribution in [3.05, 3.63) is 23.2 Å². The Bertz CT molecular complexity index is 505. The Balaban J connectivity index is 1.89. The van der Waals surface area contributed by atoms with Crippen molar-refractivity contribution in [2.24, 2.45) is 0 Å². The first-order valence-corrected chi connectivity index (χ1v) is 5.65. The van der Waals surface area contributed by atoms with Crippen LogP contribution in [-0.2, 0) is 9.53 Å². The molecule has 5 nitrogen and oxygen atoms in total. The molecule has 0 radical (unpaired) electrons. The number of rotatable bonds is 1. The molecule has 2 atom stereocenters. The van der Waals surface area contributed by atoms with Gasteiger partial charge >= 0.3 is 5.97 Å². The summed E-state index contributed by atoms with van der Waals surface area (Å²) in [5.74, 6) is 0.886. The number of hydrogen-bond acceptors (Lipinski definition) is 4. The van der Waals surface area contributed by atoms with Crippen LogP contribution in [0.1, 0.15) is 28.3 Å². The van der Waals surface area contributed by atoms with Gasteiger partial charge in [-0.25, -0.2) is 4.79 Å². The van der Waals surface area contributed by atoms with Gasteiger partial charge in [-0.2, -0.15) is 0 Å². The lowest BCUT2D eigenvalue weighted by Gasteiger charge is -2.25. The molecule has 90 valence electrons. The lowest BCUT2D eigenvalue weighted by molar-refractivity contribution is -0.149. The van der Waals surface area contributed by atoms with Crippen molar-refractivity contribution < 1.29 is 18.7 Å². The Hall–Kier alpha value is -1.78. The van der Waals surface area contributed by atoms with Gasteiger partial charge in [-0.3, -0.25) is 4.79 Å². The summed E-state index contributed by atoms with van der Waals surface area (Å²) in [6.07, 6.45) is 0.505. The van der Waals surface area contributed by atoms with Crippen LogP contribution in [0.2, 0.25) is 0 Å². The molecule has 17 heavy (non-hydrogen) atoms. The maximum absolute atomic E-state index is 12.3. The Morgan fingerprint density at radius 3 is 2.76 bits per heavy atom. The van der Waals surface area contributed by atoms with Crippen LogP contribution in [0.5, 0.6) is 0 Å². The van der Waals surface area contributed by atoms with E-state index in [9.17, 15) is 9.59 Å². The van der Waals surface area contributed by atoms with E-state index in [2.05, 4.69) is 0 Å². The van der Waals surface area contributed by atoms with E-state index in [4.69, 9.17) is 9.15 Å². The van der Waals surface area contributed by atoms with Gasteiger partial charge in [0.15, 0.2) is 0 Å². The Morgan fingerprint density at radius 2 is 2.24 bits per heavy atom.